The molecule has 0 unspecified atom stereocenters. The van der Waals surface area contributed by atoms with Crippen molar-refractivity contribution in [2.75, 3.05) is 20.8 Å². The van der Waals surface area contributed by atoms with Crippen LogP contribution >= 0.6 is 11.3 Å². The third kappa shape index (κ3) is 5.72. The highest BCUT2D eigenvalue weighted by atomic mass is 32.1. The quantitative estimate of drug-likeness (QED) is 0.226. The summed E-state index contributed by atoms with van der Waals surface area (Å²) >= 11 is 1.39. The number of amides is 1. The Morgan fingerprint density at radius 3 is 2.11 bits per heavy atom. The second kappa shape index (κ2) is 11.5. The number of carbonyl (C=O) groups is 1. The van der Waals surface area contributed by atoms with Gasteiger partial charge in [0.1, 0.15) is 10.7 Å². The maximum atomic E-state index is 12.3. The number of aromatic nitrogens is 2. The Bertz CT molecular complexity index is 1270. The molecule has 0 aliphatic heterocycles. The Morgan fingerprint density at radius 2 is 1.59 bits per heavy atom. The topological polar surface area (TPSA) is 64.5 Å². The molecule has 0 saturated carbocycles. The van der Waals surface area contributed by atoms with Gasteiger partial charge >= 0.3 is 0 Å². The second-order valence-corrected chi connectivity index (χ2v) is 15.0. The fourth-order valence-electron chi connectivity index (χ4n) is 4.52. The Kier molecular flexibility index (Phi) is 8.34. The number of rotatable bonds is 9. The van der Waals surface area contributed by atoms with Crippen LogP contribution in [0, 0.1) is 0 Å². The Balaban J connectivity index is 1.52. The SMILES string of the molecule is CON(C)C(=O)c1csc(-c2ccc(CCO[Si](c3ccccc3)(c3ccccc3)C(C)(C)C)cn2)n1. The van der Waals surface area contributed by atoms with Gasteiger partial charge in [-0.05, 0) is 33.5 Å². The average molecular weight is 532 g/mol. The van der Waals surface area contributed by atoms with Crippen LogP contribution in [0.25, 0.3) is 10.7 Å². The van der Waals surface area contributed by atoms with Crippen LogP contribution in [0.2, 0.25) is 5.04 Å². The molecular formula is C29H33N3O3SSi. The Labute approximate surface area is 224 Å². The molecule has 0 atom stereocenters. The highest BCUT2D eigenvalue weighted by Crippen LogP contribution is 2.36. The largest absolute Gasteiger partial charge is 0.407 e. The number of hydrogen-bond acceptors (Lipinski definition) is 6. The molecule has 37 heavy (non-hydrogen) atoms. The van der Waals surface area contributed by atoms with Gasteiger partial charge in [-0.15, -0.1) is 11.3 Å². The molecule has 2 heterocycles. The van der Waals surface area contributed by atoms with Crippen molar-refractivity contribution in [2.24, 2.45) is 0 Å². The van der Waals surface area contributed by atoms with Crippen molar-refractivity contribution in [1.82, 2.24) is 15.0 Å². The van der Waals surface area contributed by atoms with E-state index in [0.717, 1.165) is 22.7 Å². The van der Waals surface area contributed by atoms with Crippen LogP contribution in [-0.4, -0.2) is 50.0 Å². The number of nitrogens with zero attached hydrogens (tertiary/aromatic N) is 3. The molecular weight excluding hydrogens is 498 g/mol. The third-order valence-electron chi connectivity index (χ3n) is 6.45. The first-order chi connectivity index (χ1) is 17.8. The molecule has 0 bridgehead atoms. The predicted octanol–water partition coefficient (Wildman–Crippen LogP) is 4.96. The molecule has 4 aromatic rings. The van der Waals surface area contributed by atoms with Gasteiger partial charge in [-0.25, -0.2) is 10.0 Å². The smallest absolute Gasteiger partial charge is 0.296 e. The van der Waals surface area contributed by atoms with Gasteiger partial charge in [0.2, 0.25) is 0 Å². The molecule has 192 valence electrons. The van der Waals surface area contributed by atoms with Gasteiger partial charge in [-0.2, -0.15) is 0 Å². The zero-order chi connectivity index (χ0) is 26.5. The van der Waals surface area contributed by atoms with Crippen molar-refractivity contribution < 1.29 is 14.1 Å². The van der Waals surface area contributed by atoms with Crippen molar-refractivity contribution in [3.8, 4) is 10.7 Å². The van der Waals surface area contributed by atoms with E-state index in [-0.39, 0.29) is 10.9 Å². The summed E-state index contributed by atoms with van der Waals surface area (Å²) in [6, 6.07) is 25.3. The van der Waals surface area contributed by atoms with Crippen LogP contribution in [0.3, 0.4) is 0 Å². The predicted molar refractivity (Wildman–Crippen MR) is 152 cm³/mol. The minimum atomic E-state index is -2.56. The maximum absolute atomic E-state index is 12.3. The molecule has 0 aliphatic carbocycles. The molecule has 0 fully saturated rings. The van der Waals surface area contributed by atoms with Crippen molar-refractivity contribution in [3.05, 3.63) is 95.6 Å². The van der Waals surface area contributed by atoms with Gasteiger partial charge in [0.25, 0.3) is 14.2 Å². The molecule has 0 saturated heterocycles. The summed E-state index contributed by atoms with van der Waals surface area (Å²) in [7, 11) is 0.444. The minimum absolute atomic E-state index is 0.0608. The van der Waals surface area contributed by atoms with E-state index in [1.54, 1.807) is 12.4 Å². The highest BCUT2D eigenvalue weighted by molar-refractivity contribution is 7.13. The lowest BCUT2D eigenvalue weighted by atomic mass is 10.2. The second-order valence-electron chi connectivity index (χ2n) is 9.84. The normalized spacial score (nSPS) is 11.9. The molecule has 0 N–H and O–H groups in total. The molecule has 0 spiro atoms. The van der Waals surface area contributed by atoms with Gasteiger partial charge in [0, 0.05) is 25.2 Å². The van der Waals surface area contributed by atoms with Crippen molar-refractivity contribution in [2.45, 2.75) is 32.2 Å². The van der Waals surface area contributed by atoms with Gasteiger partial charge in [0.15, 0.2) is 0 Å². The molecule has 0 radical (unpaired) electrons. The summed E-state index contributed by atoms with van der Waals surface area (Å²) in [4.78, 5) is 26.3. The summed E-state index contributed by atoms with van der Waals surface area (Å²) in [5, 5.41) is 6.06. The average Bonchev–Trinajstić information content (AvgIpc) is 3.41. The fraction of sp³-hybridized carbons (Fsp3) is 0.276. The van der Waals surface area contributed by atoms with E-state index in [0.29, 0.717) is 17.3 Å². The van der Waals surface area contributed by atoms with Crippen LogP contribution in [0.1, 0.15) is 36.8 Å². The van der Waals surface area contributed by atoms with E-state index in [9.17, 15) is 4.79 Å². The van der Waals surface area contributed by atoms with E-state index in [2.05, 4.69) is 97.5 Å². The summed E-state index contributed by atoms with van der Waals surface area (Å²) in [6.45, 7) is 7.44. The first-order valence-corrected chi connectivity index (χ1v) is 15.0. The van der Waals surface area contributed by atoms with Crippen LogP contribution in [-0.2, 0) is 15.7 Å². The number of pyridine rings is 1. The zero-order valence-electron chi connectivity index (χ0n) is 22.0. The van der Waals surface area contributed by atoms with Gasteiger partial charge in [-0.1, -0.05) is 87.5 Å². The van der Waals surface area contributed by atoms with Gasteiger partial charge in [0.05, 0.1) is 12.8 Å². The summed E-state index contributed by atoms with van der Waals surface area (Å²) in [6.07, 6.45) is 2.62. The monoisotopic (exact) mass is 531 g/mol. The first-order valence-electron chi connectivity index (χ1n) is 12.2. The van der Waals surface area contributed by atoms with Crippen LogP contribution in [0.4, 0.5) is 0 Å². The van der Waals surface area contributed by atoms with E-state index in [1.165, 1.54) is 28.8 Å². The summed E-state index contributed by atoms with van der Waals surface area (Å²) in [5.74, 6) is -0.290. The summed E-state index contributed by atoms with van der Waals surface area (Å²) < 4.78 is 6.99. The fourth-order valence-corrected chi connectivity index (χ4v) is 9.85. The van der Waals surface area contributed by atoms with Crippen LogP contribution in [0.15, 0.2) is 84.4 Å². The lowest BCUT2D eigenvalue weighted by Crippen LogP contribution is -2.66. The number of hydrogen-bond donors (Lipinski definition) is 0. The van der Waals surface area contributed by atoms with Crippen molar-refractivity contribution in [3.63, 3.8) is 0 Å². The highest BCUT2D eigenvalue weighted by Gasteiger charge is 2.49. The molecule has 8 heteroatoms. The molecule has 1 amide bonds. The van der Waals surface area contributed by atoms with Crippen LogP contribution < -0.4 is 10.4 Å². The molecule has 2 aromatic heterocycles. The van der Waals surface area contributed by atoms with E-state index in [4.69, 9.17) is 9.26 Å². The minimum Gasteiger partial charge on any atom is -0.407 e. The summed E-state index contributed by atoms with van der Waals surface area (Å²) in [5.41, 5.74) is 2.17. The number of carbonyl (C=O) groups excluding carboxylic acids is 1. The van der Waals surface area contributed by atoms with Crippen molar-refractivity contribution >= 4 is 35.9 Å². The number of hydroxylamine groups is 2. The lowest BCUT2D eigenvalue weighted by Gasteiger charge is -2.43. The molecule has 2 aromatic carbocycles. The molecule has 0 aliphatic rings. The lowest BCUT2D eigenvalue weighted by molar-refractivity contribution is -0.0760. The molecule has 4 rings (SSSR count). The Morgan fingerprint density at radius 1 is 0.973 bits per heavy atom. The van der Waals surface area contributed by atoms with Gasteiger partial charge in [-0.3, -0.25) is 14.6 Å². The number of thiazole rings is 1. The number of benzene rings is 2. The van der Waals surface area contributed by atoms with E-state index >= 15 is 0 Å². The first kappa shape index (κ1) is 26.9. The van der Waals surface area contributed by atoms with E-state index in [1.807, 2.05) is 12.3 Å². The van der Waals surface area contributed by atoms with Crippen LogP contribution in [0.5, 0.6) is 0 Å². The van der Waals surface area contributed by atoms with Gasteiger partial charge < -0.3 is 4.43 Å². The van der Waals surface area contributed by atoms with Crippen molar-refractivity contribution in [1.29, 1.82) is 0 Å². The maximum Gasteiger partial charge on any atom is 0.296 e. The standard InChI is InChI=1S/C29H33N3O3SSi/c1-29(2,3)37(23-12-8-6-9-13-23,24-14-10-7-11-15-24)35-19-18-22-16-17-25(30-20-22)27-31-26(21-36-27)28(33)32(4)34-5/h6-17,20-21H,18-19H2,1-5H3. The third-order valence-corrected chi connectivity index (χ3v) is 12.4. The van der Waals surface area contributed by atoms with E-state index < -0.39 is 8.32 Å². The molecule has 6 nitrogen and oxygen atoms in total. The Hall–Kier alpha value is -3.17. The zero-order valence-corrected chi connectivity index (χ0v) is 23.8.